The Hall–Kier alpha value is -0.120. The number of hydrogen-bond donors (Lipinski definition) is 1. The topological polar surface area (TPSA) is 30.5 Å². The molecule has 1 N–H and O–H groups in total. The van der Waals surface area contributed by atoms with Gasteiger partial charge in [-0.3, -0.25) is 0 Å². The van der Waals surface area contributed by atoms with Crippen molar-refractivity contribution in [2.24, 2.45) is 5.92 Å². The van der Waals surface area contributed by atoms with Crippen LogP contribution in [0.2, 0.25) is 0 Å². The first-order valence-electron chi connectivity index (χ1n) is 6.66. The van der Waals surface area contributed by atoms with Gasteiger partial charge in [0.05, 0.1) is 12.7 Å². The lowest BCUT2D eigenvalue weighted by molar-refractivity contribution is 0.0600. The van der Waals surface area contributed by atoms with Gasteiger partial charge in [-0.1, -0.05) is 0 Å². The molecule has 0 aromatic rings. The van der Waals surface area contributed by atoms with Crippen LogP contribution in [0.25, 0.3) is 0 Å². The Kier molecular flexibility index (Phi) is 4.62. The average Bonchev–Trinajstić information content (AvgIpc) is 2.83. The van der Waals surface area contributed by atoms with Crippen molar-refractivity contribution in [3.8, 4) is 0 Å². The summed E-state index contributed by atoms with van der Waals surface area (Å²) in [5, 5.41) is 3.77. The molecule has 0 aromatic carbocycles. The van der Waals surface area contributed by atoms with Crippen molar-refractivity contribution < 1.29 is 9.47 Å². The Morgan fingerprint density at radius 2 is 1.94 bits per heavy atom. The summed E-state index contributed by atoms with van der Waals surface area (Å²) in [6.07, 6.45) is 6.67. The molecule has 16 heavy (non-hydrogen) atoms. The van der Waals surface area contributed by atoms with E-state index in [1.165, 1.54) is 32.1 Å². The van der Waals surface area contributed by atoms with Crippen molar-refractivity contribution in [2.45, 2.75) is 57.2 Å². The average molecular weight is 227 g/mol. The summed E-state index contributed by atoms with van der Waals surface area (Å²) in [5.41, 5.74) is 0. The molecule has 2 aliphatic rings. The summed E-state index contributed by atoms with van der Waals surface area (Å²) in [4.78, 5) is 0. The molecule has 3 nitrogen and oxygen atoms in total. The van der Waals surface area contributed by atoms with Crippen LogP contribution in [-0.2, 0) is 9.47 Å². The van der Waals surface area contributed by atoms with Gasteiger partial charge in [-0.25, -0.2) is 0 Å². The highest BCUT2D eigenvalue weighted by Crippen LogP contribution is 2.23. The zero-order chi connectivity index (χ0) is 11.4. The van der Waals surface area contributed by atoms with E-state index >= 15 is 0 Å². The first-order chi connectivity index (χ1) is 7.79. The molecule has 0 aromatic heterocycles. The minimum Gasteiger partial charge on any atom is -0.381 e. The molecular formula is C13H25NO2. The molecule has 2 atom stereocenters. The zero-order valence-corrected chi connectivity index (χ0v) is 10.6. The number of rotatable bonds is 4. The van der Waals surface area contributed by atoms with Crippen LogP contribution in [0.5, 0.6) is 0 Å². The molecule has 3 heteroatoms. The van der Waals surface area contributed by atoms with Gasteiger partial charge in [0, 0.05) is 25.8 Å². The zero-order valence-electron chi connectivity index (χ0n) is 10.6. The molecule has 0 bridgehead atoms. The fraction of sp³-hybridized carbons (Fsp3) is 1.00. The molecule has 1 heterocycles. The maximum Gasteiger partial charge on any atom is 0.0572 e. The van der Waals surface area contributed by atoms with E-state index in [2.05, 4.69) is 12.2 Å². The van der Waals surface area contributed by atoms with Crippen LogP contribution in [-0.4, -0.2) is 38.5 Å². The smallest absolute Gasteiger partial charge is 0.0572 e. The monoisotopic (exact) mass is 227 g/mol. The van der Waals surface area contributed by atoms with E-state index < -0.39 is 0 Å². The number of methoxy groups -OCH3 is 1. The fourth-order valence-electron chi connectivity index (χ4n) is 2.92. The highest BCUT2D eigenvalue weighted by atomic mass is 16.5. The predicted molar refractivity (Wildman–Crippen MR) is 64.6 cm³/mol. The van der Waals surface area contributed by atoms with E-state index in [0.29, 0.717) is 18.2 Å². The summed E-state index contributed by atoms with van der Waals surface area (Å²) < 4.78 is 10.8. The molecule has 1 aliphatic heterocycles. The third kappa shape index (κ3) is 3.19. The Morgan fingerprint density at radius 1 is 1.19 bits per heavy atom. The molecule has 1 saturated heterocycles. The minimum atomic E-state index is 0.503. The van der Waals surface area contributed by atoms with E-state index in [4.69, 9.17) is 9.47 Å². The van der Waals surface area contributed by atoms with Crippen LogP contribution in [0.15, 0.2) is 0 Å². The van der Waals surface area contributed by atoms with Crippen molar-refractivity contribution in [3.05, 3.63) is 0 Å². The summed E-state index contributed by atoms with van der Waals surface area (Å²) in [7, 11) is 1.83. The van der Waals surface area contributed by atoms with Crippen LogP contribution in [0.4, 0.5) is 0 Å². The summed E-state index contributed by atoms with van der Waals surface area (Å²) in [5.74, 6) is 0.722. The first-order valence-corrected chi connectivity index (χ1v) is 6.66. The van der Waals surface area contributed by atoms with E-state index in [-0.39, 0.29) is 0 Å². The molecular weight excluding hydrogens is 202 g/mol. The number of nitrogens with one attached hydrogen (secondary N) is 1. The standard InChI is InChI=1S/C13H25NO2/c1-10(11-7-8-16-9-11)14-12-3-5-13(15-2)6-4-12/h10-14H,3-9H2,1-2H3. The van der Waals surface area contributed by atoms with Gasteiger partial charge in [-0.2, -0.15) is 0 Å². The van der Waals surface area contributed by atoms with Crippen LogP contribution in [0.1, 0.15) is 39.0 Å². The minimum absolute atomic E-state index is 0.503. The maximum atomic E-state index is 5.44. The third-order valence-electron chi connectivity index (χ3n) is 4.18. The number of ether oxygens (including phenoxy) is 2. The molecule has 2 unspecified atom stereocenters. The van der Waals surface area contributed by atoms with Gasteiger partial charge in [-0.05, 0) is 44.9 Å². The molecule has 94 valence electrons. The van der Waals surface area contributed by atoms with E-state index in [0.717, 1.165) is 19.1 Å². The Bertz CT molecular complexity index is 196. The van der Waals surface area contributed by atoms with Crippen molar-refractivity contribution in [3.63, 3.8) is 0 Å². The van der Waals surface area contributed by atoms with Gasteiger partial charge in [0.1, 0.15) is 0 Å². The van der Waals surface area contributed by atoms with Gasteiger partial charge >= 0.3 is 0 Å². The lowest BCUT2D eigenvalue weighted by Crippen LogP contribution is -2.43. The van der Waals surface area contributed by atoms with Crippen molar-refractivity contribution >= 4 is 0 Å². The summed E-state index contributed by atoms with van der Waals surface area (Å²) in [6.45, 7) is 4.20. The molecule has 0 radical (unpaired) electrons. The van der Waals surface area contributed by atoms with Crippen LogP contribution < -0.4 is 5.32 Å². The highest BCUT2D eigenvalue weighted by molar-refractivity contribution is 4.83. The second-order valence-corrected chi connectivity index (χ2v) is 5.29. The molecule has 1 saturated carbocycles. The SMILES string of the molecule is COC1CCC(NC(C)C2CCOC2)CC1. The van der Waals surface area contributed by atoms with Gasteiger partial charge < -0.3 is 14.8 Å². The number of hydrogen-bond acceptors (Lipinski definition) is 3. The largest absolute Gasteiger partial charge is 0.381 e. The third-order valence-corrected chi connectivity index (χ3v) is 4.18. The Labute approximate surface area is 98.9 Å². The summed E-state index contributed by atoms with van der Waals surface area (Å²) >= 11 is 0. The van der Waals surface area contributed by atoms with Crippen molar-refractivity contribution in [1.29, 1.82) is 0 Å². The molecule has 2 fully saturated rings. The fourth-order valence-corrected chi connectivity index (χ4v) is 2.92. The highest BCUT2D eigenvalue weighted by Gasteiger charge is 2.26. The Balaban J connectivity index is 1.69. The van der Waals surface area contributed by atoms with Crippen LogP contribution in [0.3, 0.4) is 0 Å². The van der Waals surface area contributed by atoms with Crippen LogP contribution in [0, 0.1) is 5.92 Å². The van der Waals surface area contributed by atoms with E-state index in [1.807, 2.05) is 7.11 Å². The van der Waals surface area contributed by atoms with E-state index in [9.17, 15) is 0 Å². The normalized spacial score (nSPS) is 37.5. The summed E-state index contributed by atoms with van der Waals surface area (Å²) in [6, 6.07) is 1.30. The van der Waals surface area contributed by atoms with Gasteiger partial charge in [0.15, 0.2) is 0 Å². The molecule has 0 amide bonds. The van der Waals surface area contributed by atoms with Crippen molar-refractivity contribution in [2.75, 3.05) is 20.3 Å². The first kappa shape index (κ1) is 12.3. The van der Waals surface area contributed by atoms with Crippen LogP contribution >= 0.6 is 0 Å². The second-order valence-electron chi connectivity index (χ2n) is 5.29. The maximum absolute atomic E-state index is 5.44. The lowest BCUT2D eigenvalue weighted by Gasteiger charge is -2.32. The second kappa shape index (κ2) is 5.99. The van der Waals surface area contributed by atoms with Gasteiger partial charge in [0.2, 0.25) is 0 Å². The molecule has 0 spiro atoms. The lowest BCUT2D eigenvalue weighted by atomic mass is 9.91. The van der Waals surface area contributed by atoms with Gasteiger partial charge in [0.25, 0.3) is 0 Å². The predicted octanol–water partition coefficient (Wildman–Crippen LogP) is 1.96. The van der Waals surface area contributed by atoms with E-state index in [1.54, 1.807) is 0 Å². The molecule has 2 rings (SSSR count). The van der Waals surface area contributed by atoms with Crippen molar-refractivity contribution in [1.82, 2.24) is 5.32 Å². The Morgan fingerprint density at radius 3 is 2.50 bits per heavy atom. The van der Waals surface area contributed by atoms with Gasteiger partial charge in [-0.15, -0.1) is 0 Å². The quantitative estimate of drug-likeness (QED) is 0.796. The molecule has 1 aliphatic carbocycles.